The molecular weight excluding hydrogens is 400 g/mol. The largest absolute Gasteiger partial charge is 0.497 e. The van der Waals surface area contributed by atoms with Crippen molar-refractivity contribution in [3.8, 4) is 11.5 Å². The van der Waals surface area contributed by atoms with Crippen LogP contribution in [0.2, 0.25) is 0 Å². The molecule has 0 aliphatic rings. The number of ether oxygens (including phenoxy) is 2. The van der Waals surface area contributed by atoms with Crippen LogP contribution in [0.1, 0.15) is 18.3 Å². The average Bonchev–Trinajstić information content (AvgIpc) is 3.18. The molecule has 0 aliphatic carbocycles. The first-order chi connectivity index (χ1) is 14.6. The number of thioether (sulfide) groups is 1. The van der Waals surface area contributed by atoms with E-state index in [0.29, 0.717) is 17.2 Å². The molecule has 158 valence electrons. The summed E-state index contributed by atoms with van der Waals surface area (Å²) in [5.74, 6) is 2.22. The Hall–Kier alpha value is -3.00. The van der Waals surface area contributed by atoms with Gasteiger partial charge in [0.2, 0.25) is 5.91 Å². The van der Waals surface area contributed by atoms with Gasteiger partial charge in [-0.2, -0.15) is 0 Å². The lowest BCUT2D eigenvalue weighted by Crippen LogP contribution is -2.15. The maximum Gasteiger partial charge on any atom is 0.234 e. The van der Waals surface area contributed by atoms with Gasteiger partial charge in [0.05, 0.1) is 25.7 Å². The van der Waals surface area contributed by atoms with E-state index in [1.54, 1.807) is 32.4 Å². The zero-order valence-corrected chi connectivity index (χ0v) is 18.2. The molecule has 7 nitrogen and oxygen atoms in total. The lowest BCUT2D eigenvalue weighted by molar-refractivity contribution is -0.113. The van der Waals surface area contributed by atoms with Crippen molar-refractivity contribution in [3.63, 3.8) is 0 Å². The number of benzene rings is 2. The molecular formula is C22H26N4O3S. The van der Waals surface area contributed by atoms with Crippen molar-refractivity contribution in [2.45, 2.75) is 31.5 Å². The molecule has 8 heteroatoms. The van der Waals surface area contributed by atoms with Crippen LogP contribution in [0.15, 0.2) is 53.7 Å². The fraction of sp³-hybridized carbons (Fsp3) is 0.318. The number of rotatable bonds is 10. The number of aryl methyl sites for hydroxylation is 2. The van der Waals surface area contributed by atoms with Crippen molar-refractivity contribution < 1.29 is 14.3 Å². The summed E-state index contributed by atoms with van der Waals surface area (Å²) in [5, 5.41) is 12.2. The molecule has 1 aromatic heterocycles. The molecule has 0 bridgehead atoms. The van der Waals surface area contributed by atoms with Gasteiger partial charge in [0.1, 0.15) is 17.3 Å². The second kappa shape index (κ2) is 10.7. The Bertz CT molecular complexity index is 976. The summed E-state index contributed by atoms with van der Waals surface area (Å²) >= 11 is 1.37. The van der Waals surface area contributed by atoms with Gasteiger partial charge in [0, 0.05) is 19.0 Å². The first kappa shape index (κ1) is 21.7. The topological polar surface area (TPSA) is 78.3 Å². The van der Waals surface area contributed by atoms with Gasteiger partial charge in [-0.3, -0.25) is 4.79 Å². The predicted octanol–water partition coefficient (Wildman–Crippen LogP) is 3.83. The normalized spacial score (nSPS) is 10.6. The third kappa shape index (κ3) is 5.54. The molecule has 3 rings (SSSR count). The molecule has 30 heavy (non-hydrogen) atoms. The number of carbonyl (C=O) groups excluding carboxylic acids is 1. The molecule has 0 unspecified atom stereocenters. The highest BCUT2D eigenvalue weighted by atomic mass is 32.2. The quantitative estimate of drug-likeness (QED) is 0.497. The van der Waals surface area contributed by atoms with Gasteiger partial charge in [-0.25, -0.2) is 0 Å². The number of hydrogen-bond acceptors (Lipinski definition) is 6. The Morgan fingerprint density at radius 1 is 1.07 bits per heavy atom. The van der Waals surface area contributed by atoms with Crippen molar-refractivity contribution in [1.82, 2.24) is 14.8 Å². The van der Waals surface area contributed by atoms with Crippen LogP contribution in [0.4, 0.5) is 5.69 Å². The number of nitrogens with zero attached hydrogens (tertiary/aromatic N) is 3. The molecule has 0 saturated heterocycles. The van der Waals surface area contributed by atoms with Crippen molar-refractivity contribution in [2.24, 2.45) is 0 Å². The van der Waals surface area contributed by atoms with Crippen LogP contribution < -0.4 is 14.8 Å². The van der Waals surface area contributed by atoms with Gasteiger partial charge in [-0.05, 0) is 31.0 Å². The summed E-state index contributed by atoms with van der Waals surface area (Å²) in [4.78, 5) is 12.5. The smallest absolute Gasteiger partial charge is 0.234 e. The van der Waals surface area contributed by atoms with E-state index in [-0.39, 0.29) is 11.7 Å². The molecule has 1 N–H and O–H groups in total. The highest BCUT2D eigenvalue weighted by molar-refractivity contribution is 7.99. The van der Waals surface area contributed by atoms with Gasteiger partial charge < -0.3 is 19.4 Å². The second-order valence-corrected chi connectivity index (χ2v) is 7.47. The van der Waals surface area contributed by atoms with Gasteiger partial charge >= 0.3 is 0 Å². The molecule has 0 radical (unpaired) electrons. The summed E-state index contributed by atoms with van der Waals surface area (Å²) in [5.41, 5.74) is 1.84. The fourth-order valence-corrected chi connectivity index (χ4v) is 3.88. The Labute approximate surface area is 180 Å². The zero-order chi connectivity index (χ0) is 21.3. The summed E-state index contributed by atoms with van der Waals surface area (Å²) in [7, 11) is 3.14. The standard InChI is InChI=1S/C22H26N4O3S/c1-4-26-20(13-10-16-8-6-5-7-9-16)24-25-22(26)30-15-21(27)23-18-14-17(28-2)11-12-19(18)29-3/h5-9,11-12,14H,4,10,13,15H2,1-3H3,(H,23,27). The third-order valence-electron chi connectivity index (χ3n) is 4.60. The van der Waals surface area contributed by atoms with E-state index in [9.17, 15) is 4.79 Å². The van der Waals surface area contributed by atoms with E-state index in [2.05, 4.69) is 39.1 Å². The molecule has 1 amide bonds. The van der Waals surface area contributed by atoms with Crippen LogP contribution in [0.25, 0.3) is 0 Å². The van der Waals surface area contributed by atoms with Gasteiger partial charge in [-0.15, -0.1) is 10.2 Å². The van der Waals surface area contributed by atoms with Crippen LogP contribution in [-0.2, 0) is 24.2 Å². The highest BCUT2D eigenvalue weighted by Crippen LogP contribution is 2.29. The maximum absolute atomic E-state index is 12.5. The van der Waals surface area contributed by atoms with E-state index in [1.807, 2.05) is 18.2 Å². The van der Waals surface area contributed by atoms with Crippen molar-refractivity contribution >= 4 is 23.4 Å². The second-order valence-electron chi connectivity index (χ2n) is 6.53. The summed E-state index contributed by atoms with van der Waals surface area (Å²) < 4.78 is 12.6. The molecule has 3 aromatic rings. The Balaban J connectivity index is 1.60. The molecule has 2 aromatic carbocycles. The number of hydrogen-bond donors (Lipinski definition) is 1. The number of nitrogens with one attached hydrogen (secondary N) is 1. The summed E-state index contributed by atoms with van der Waals surface area (Å²) in [6.45, 7) is 2.81. The van der Waals surface area contributed by atoms with Crippen LogP contribution in [0.5, 0.6) is 11.5 Å². The first-order valence-corrected chi connectivity index (χ1v) is 10.7. The fourth-order valence-electron chi connectivity index (χ4n) is 3.06. The number of anilines is 1. The molecule has 0 aliphatic heterocycles. The SMILES string of the molecule is CCn1c(CCc2ccccc2)nnc1SCC(=O)Nc1cc(OC)ccc1OC. The van der Waals surface area contributed by atoms with Crippen molar-refractivity contribution in [2.75, 3.05) is 25.3 Å². The minimum Gasteiger partial charge on any atom is -0.497 e. The van der Waals surface area contributed by atoms with E-state index in [1.165, 1.54) is 17.3 Å². The highest BCUT2D eigenvalue weighted by Gasteiger charge is 2.14. The number of aromatic nitrogens is 3. The first-order valence-electron chi connectivity index (χ1n) is 9.75. The molecule has 1 heterocycles. The lowest BCUT2D eigenvalue weighted by Gasteiger charge is -2.12. The molecule has 0 atom stereocenters. The average molecular weight is 427 g/mol. The predicted molar refractivity (Wildman–Crippen MR) is 118 cm³/mol. The van der Waals surface area contributed by atoms with Gasteiger partial charge in [0.15, 0.2) is 5.16 Å². The Kier molecular flexibility index (Phi) is 7.73. The van der Waals surface area contributed by atoms with Crippen LogP contribution in [0, 0.1) is 0 Å². The summed E-state index contributed by atoms with van der Waals surface area (Å²) in [6.07, 6.45) is 1.71. The Morgan fingerprint density at radius 2 is 1.87 bits per heavy atom. The van der Waals surface area contributed by atoms with Crippen LogP contribution >= 0.6 is 11.8 Å². The lowest BCUT2D eigenvalue weighted by atomic mass is 10.1. The maximum atomic E-state index is 12.5. The minimum absolute atomic E-state index is 0.150. The van der Waals surface area contributed by atoms with Gasteiger partial charge in [-0.1, -0.05) is 42.1 Å². The van der Waals surface area contributed by atoms with Crippen molar-refractivity contribution in [1.29, 1.82) is 0 Å². The van der Waals surface area contributed by atoms with Gasteiger partial charge in [0.25, 0.3) is 0 Å². The minimum atomic E-state index is -0.150. The number of methoxy groups -OCH3 is 2. The van der Waals surface area contributed by atoms with Crippen molar-refractivity contribution in [3.05, 3.63) is 59.9 Å². The Morgan fingerprint density at radius 3 is 2.57 bits per heavy atom. The van der Waals surface area contributed by atoms with Crippen LogP contribution in [0.3, 0.4) is 0 Å². The van der Waals surface area contributed by atoms with E-state index >= 15 is 0 Å². The number of carbonyl (C=O) groups is 1. The molecule has 0 saturated carbocycles. The summed E-state index contributed by atoms with van der Waals surface area (Å²) in [6, 6.07) is 15.6. The van der Waals surface area contributed by atoms with Crippen LogP contribution in [-0.4, -0.2) is 40.6 Å². The van der Waals surface area contributed by atoms with E-state index in [4.69, 9.17) is 9.47 Å². The monoisotopic (exact) mass is 426 g/mol. The van der Waals surface area contributed by atoms with E-state index < -0.39 is 0 Å². The number of amides is 1. The molecule has 0 fully saturated rings. The molecule has 0 spiro atoms. The van der Waals surface area contributed by atoms with E-state index in [0.717, 1.165) is 30.4 Å². The zero-order valence-electron chi connectivity index (χ0n) is 17.4. The third-order valence-corrected chi connectivity index (χ3v) is 5.57.